The average molecular weight is 376 g/mol. The maximum absolute atomic E-state index is 13.2. The fourth-order valence-electron chi connectivity index (χ4n) is 3.69. The zero-order valence-corrected chi connectivity index (χ0v) is 16.2. The standard InChI is InChI=1S/C21H24N6O/c1-21(2,15-6-4-3-5-7-15)20(28)27-12-10-26(11-13-27)19-16-8-9-17(22)25-18(16)23-14-24-19/h3-9,14H,10-13H2,1-2H3,(H2,22,23,24,25). The molecule has 1 aliphatic heterocycles. The van der Waals surface area contributed by atoms with Gasteiger partial charge in [0.15, 0.2) is 5.65 Å². The van der Waals surface area contributed by atoms with Crippen molar-refractivity contribution in [2.24, 2.45) is 0 Å². The first-order valence-corrected chi connectivity index (χ1v) is 9.44. The molecular weight excluding hydrogens is 352 g/mol. The number of amides is 1. The molecule has 1 saturated heterocycles. The van der Waals surface area contributed by atoms with Gasteiger partial charge in [0, 0.05) is 26.2 Å². The quantitative estimate of drug-likeness (QED) is 0.754. The number of nitrogen functional groups attached to an aromatic ring is 1. The van der Waals surface area contributed by atoms with Crippen LogP contribution >= 0.6 is 0 Å². The molecule has 0 aliphatic carbocycles. The van der Waals surface area contributed by atoms with Crippen molar-refractivity contribution in [3.05, 3.63) is 54.4 Å². The van der Waals surface area contributed by atoms with E-state index in [9.17, 15) is 4.79 Å². The van der Waals surface area contributed by atoms with Crippen LogP contribution in [0.15, 0.2) is 48.8 Å². The number of pyridine rings is 1. The minimum atomic E-state index is -0.549. The number of carbonyl (C=O) groups excluding carboxylic acids is 1. The van der Waals surface area contributed by atoms with Crippen LogP contribution in [0.5, 0.6) is 0 Å². The van der Waals surface area contributed by atoms with Crippen molar-refractivity contribution in [1.29, 1.82) is 0 Å². The molecule has 144 valence electrons. The largest absolute Gasteiger partial charge is 0.384 e. The summed E-state index contributed by atoms with van der Waals surface area (Å²) in [5.74, 6) is 1.43. The number of hydrogen-bond acceptors (Lipinski definition) is 6. The van der Waals surface area contributed by atoms with Gasteiger partial charge in [-0.05, 0) is 31.5 Å². The molecule has 1 aromatic carbocycles. The maximum atomic E-state index is 13.2. The summed E-state index contributed by atoms with van der Waals surface area (Å²) in [5.41, 5.74) is 6.84. The first-order valence-electron chi connectivity index (χ1n) is 9.44. The number of nitrogens with zero attached hydrogens (tertiary/aromatic N) is 5. The zero-order valence-electron chi connectivity index (χ0n) is 16.2. The number of benzene rings is 1. The summed E-state index contributed by atoms with van der Waals surface area (Å²) in [6, 6.07) is 13.6. The van der Waals surface area contributed by atoms with Crippen LogP contribution in [0.3, 0.4) is 0 Å². The van der Waals surface area contributed by atoms with E-state index in [0.717, 1.165) is 16.8 Å². The van der Waals surface area contributed by atoms with E-state index in [1.165, 1.54) is 6.33 Å². The summed E-state index contributed by atoms with van der Waals surface area (Å²) in [4.78, 5) is 30.2. The molecule has 1 aliphatic rings. The van der Waals surface area contributed by atoms with E-state index in [1.807, 2.05) is 55.1 Å². The van der Waals surface area contributed by atoms with Gasteiger partial charge >= 0.3 is 0 Å². The second kappa shape index (κ2) is 7.07. The molecule has 7 heteroatoms. The fraction of sp³-hybridized carbons (Fsp3) is 0.333. The highest BCUT2D eigenvalue weighted by molar-refractivity contribution is 5.89. The van der Waals surface area contributed by atoms with Crippen LogP contribution in [-0.4, -0.2) is 51.9 Å². The second-order valence-corrected chi connectivity index (χ2v) is 7.57. The highest BCUT2D eigenvalue weighted by Gasteiger charge is 2.35. The van der Waals surface area contributed by atoms with Crippen molar-refractivity contribution in [2.75, 3.05) is 36.8 Å². The highest BCUT2D eigenvalue weighted by atomic mass is 16.2. The molecule has 0 unspecified atom stereocenters. The summed E-state index contributed by atoms with van der Waals surface area (Å²) >= 11 is 0. The number of anilines is 2. The Labute approximate surface area is 164 Å². The SMILES string of the molecule is CC(C)(C(=O)N1CCN(c2ncnc3nc(N)ccc23)CC1)c1ccccc1. The lowest BCUT2D eigenvalue weighted by Crippen LogP contribution is -2.53. The van der Waals surface area contributed by atoms with Crippen molar-refractivity contribution in [3.63, 3.8) is 0 Å². The average Bonchev–Trinajstić information content (AvgIpc) is 2.73. The Kier molecular flexibility index (Phi) is 4.58. The van der Waals surface area contributed by atoms with Gasteiger partial charge in [-0.3, -0.25) is 4.79 Å². The number of aromatic nitrogens is 3. The van der Waals surface area contributed by atoms with Crippen LogP contribution in [0.2, 0.25) is 0 Å². The zero-order chi connectivity index (χ0) is 19.7. The molecule has 1 fully saturated rings. The number of piperazine rings is 1. The van der Waals surface area contributed by atoms with Gasteiger partial charge in [-0.25, -0.2) is 15.0 Å². The smallest absolute Gasteiger partial charge is 0.232 e. The lowest BCUT2D eigenvalue weighted by Gasteiger charge is -2.39. The van der Waals surface area contributed by atoms with Crippen molar-refractivity contribution >= 4 is 28.6 Å². The number of carbonyl (C=O) groups is 1. The molecule has 0 saturated carbocycles. The molecule has 3 heterocycles. The van der Waals surface area contributed by atoms with Gasteiger partial charge in [-0.1, -0.05) is 30.3 Å². The van der Waals surface area contributed by atoms with Gasteiger partial charge in [-0.15, -0.1) is 0 Å². The van der Waals surface area contributed by atoms with Gasteiger partial charge in [-0.2, -0.15) is 0 Å². The molecule has 28 heavy (non-hydrogen) atoms. The Balaban J connectivity index is 1.50. The van der Waals surface area contributed by atoms with E-state index < -0.39 is 5.41 Å². The predicted octanol–water partition coefficient (Wildman–Crippen LogP) is 2.23. The molecule has 0 radical (unpaired) electrons. The molecule has 7 nitrogen and oxygen atoms in total. The molecule has 0 bridgehead atoms. The lowest BCUT2D eigenvalue weighted by atomic mass is 9.83. The molecule has 3 aromatic rings. The van der Waals surface area contributed by atoms with Crippen molar-refractivity contribution in [2.45, 2.75) is 19.3 Å². The van der Waals surface area contributed by atoms with Gasteiger partial charge in [0.05, 0.1) is 10.8 Å². The van der Waals surface area contributed by atoms with Crippen molar-refractivity contribution in [3.8, 4) is 0 Å². The Hall–Kier alpha value is -3.22. The first kappa shape index (κ1) is 18.2. The summed E-state index contributed by atoms with van der Waals surface area (Å²) < 4.78 is 0. The molecule has 0 atom stereocenters. The van der Waals surface area contributed by atoms with Gasteiger partial charge in [0.2, 0.25) is 5.91 Å². The van der Waals surface area contributed by atoms with E-state index in [0.29, 0.717) is 37.6 Å². The van der Waals surface area contributed by atoms with Crippen LogP contribution in [0.1, 0.15) is 19.4 Å². The van der Waals surface area contributed by atoms with Crippen molar-refractivity contribution in [1.82, 2.24) is 19.9 Å². The molecule has 4 rings (SSSR count). The van der Waals surface area contributed by atoms with Gasteiger partial charge in [0.1, 0.15) is 18.0 Å². The second-order valence-electron chi connectivity index (χ2n) is 7.57. The lowest BCUT2D eigenvalue weighted by molar-refractivity contribution is -0.136. The van der Waals surface area contributed by atoms with Crippen LogP contribution < -0.4 is 10.6 Å². The minimum Gasteiger partial charge on any atom is -0.384 e. The molecule has 2 aromatic heterocycles. The topological polar surface area (TPSA) is 88.2 Å². The van der Waals surface area contributed by atoms with E-state index in [2.05, 4.69) is 19.9 Å². The fourth-order valence-corrected chi connectivity index (χ4v) is 3.69. The molecule has 0 spiro atoms. The number of rotatable bonds is 3. The third kappa shape index (κ3) is 3.24. The Morgan fingerprint density at radius 3 is 2.43 bits per heavy atom. The Morgan fingerprint density at radius 2 is 1.71 bits per heavy atom. The third-order valence-corrected chi connectivity index (χ3v) is 5.39. The monoisotopic (exact) mass is 376 g/mol. The first-order chi connectivity index (χ1) is 13.5. The molecular formula is C21H24N6O. The summed E-state index contributed by atoms with van der Waals surface area (Å²) in [7, 11) is 0. The molecule has 2 N–H and O–H groups in total. The van der Waals surface area contributed by atoms with Gasteiger partial charge in [0.25, 0.3) is 0 Å². The van der Waals surface area contributed by atoms with Crippen LogP contribution in [0.4, 0.5) is 11.6 Å². The Bertz CT molecular complexity index is 996. The summed E-state index contributed by atoms with van der Waals surface area (Å²) in [5, 5.41) is 0.876. The van der Waals surface area contributed by atoms with Crippen LogP contribution in [0.25, 0.3) is 11.0 Å². The third-order valence-electron chi connectivity index (χ3n) is 5.39. The number of fused-ring (bicyclic) bond motifs is 1. The Morgan fingerprint density at radius 1 is 1.00 bits per heavy atom. The number of hydrogen-bond donors (Lipinski definition) is 1. The maximum Gasteiger partial charge on any atom is 0.232 e. The molecule has 1 amide bonds. The van der Waals surface area contributed by atoms with Crippen LogP contribution in [-0.2, 0) is 10.2 Å². The van der Waals surface area contributed by atoms with Gasteiger partial charge < -0.3 is 15.5 Å². The summed E-state index contributed by atoms with van der Waals surface area (Å²) in [6.07, 6.45) is 1.51. The number of nitrogens with two attached hydrogens (primary N) is 1. The summed E-state index contributed by atoms with van der Waals surface area (Å²) in [6.45, 7) is 6.72. The van der Waals surface area contributed by atoms with E-state index in [4.69, 9.17) is 5.73 Å². The van der Waals surface area contributed by atoms with E-state index >= 15 is 0 Å². The predicted molar refractivity (Wildman–Crippen MR) is 110 cm³/mol. The van der Waals surface area contributed by atoms with Crippen LogP contribution in [0, 0.1) is 0 Å². The van der Waals surface area contributed by atoms with Crippen molar-refractivity contribution < 1.29 is 4.79 Å². The van der Waals surface area contributed by atoms with E-state index in [1.54, 1.807) is 6.07 Å². The van der Waals surface area contributed by atoms with E-state index in [-0.39, 0.29) is 5.91 Å². The normalized spacial score (nSPS) is 15.1. The minimum absolute atomic E-state index is 0.153. The highest BCUT2D eigenvalue weighted by Crippen LogP contribution is 2.28.